The van der Waals surface area contributed by atoms with Crippen LogP contribution in [0.4, 0.5) is 20.4 Å². The van der Waals surface area contributed by atoms with Crippen molar-refractivity contribution in [3.8, 4) is 5.82 Å². The summed E-state index contributed by atoms with van der Waals surface area (Å²) in [5, 5.41) is 7.68. The van der Waals surface area contributed by atoms with Crippen LogP contribution in [0, 0.1) is 0 Å². The second kappa shape index (κ2) is 8.62. The van der Waals surface area contributed by atoms with Gasteiger partial charge in [0.2, 0.25) is 11.7 Å². The molecule has 4 heterocycles. The predicted octanol–water partition coefficient (Wildman–Crippen LogP) is 2.98. The number of aromatic nitrogens is 5. The number of hydrogen-bond acceptors (Lipinski definition) is 7. The molecule has 11 heteroatoms. The van der Waals surface area contributed by atoms with E-state index in [0.29, 0.717) is 40.7 Å². The van der Waals surface area contributed by atoms with Crippen molar-refractivity contribution >= 4 is 28.4 Å². The fourth-order valence-corrected chi connectivity index (χ4v) is 3.77. The van der Waals surface area contributed by atoms with Crippen LogP contribution in [-0.4, -0.2) is 68.6 Å². The number of carbonyl (C=O) groups is 1. The summed E-state index contributed by atoms with van der Waals surface area (Å²) in [7, 11) is 0. The van der Waals surface area contributed by atoms with Crippen molar-refractivity contribution in [2.45, 2.75) is 45.6 Å². The van der Waals surface area contributed by atoms with Crippen LogP contribution in [-0.2, 0) is 17.1 Å². The Kier molecular flexibility index (Phi) is 4.29. The van der Waals surface area contributed by atoms with Crippen LogP contribution in [0.1, 0.15) is 46.9 Å². The molecule has 0 aromatic carbocycles. The third-order valence-electron chi connectivity index (χ3n) is 5.42. The van der Waals surface area contributed by atoms with Crippen LogP contribution >= 0.6 is 0 Å². The van der Waals surface area contributed by atoms with Crippen LogP contribution in [0.3, 0.4) is 0 Å². The first-order valence-corrected chi connectivity index (χ1v) is 10.5. The number of hydrogen-bond donors (Lipinski definition) is 1. The average molecular weight is 465 g/mol. The summed E-state index contributed by atoms with van der Waals surface area (Å²) in [6, 6.07) is 2.23. The maximum atomic E-state index is 14.2. The van der Waals surface area contributed by atoms with Gasteiger partial charge in [0.05, 0.1) is 10.9 Å². The summed E-state index contributed by atoms with van der Waals surface area (Å²) < 4.78 is 76.3. The summed E-state index contributed by atoms with van der Waals surface area (Å²) in [5.41, 5.74) is 0.756. The number of fused-ring (bicyclic) bond motifs is 1. The zero-order chi connectivity index (χ0) is 28.9. The number of amides is 1. The number of rotatable bonds is 6. The minimum atomic E-state index is -3.31. The summed E-state index contributed by atoms with van der Waals surface area (Å²) in [4.78, 5) is 26.2. The number of anilines is 2. The monoisotopic (exact) mass is 464 g/mol. The highest BCUT2D eigenvalue weighted by atomic mass is 19.3. The first-order chi connectivity index (χ1) is 18.0. The standard InChI is InChI=1S/C22H28F2N8O/c1-6-14-9-19(28-21(27-14)22(3,23)24)32-17-10-18(26-13(2)33)25-11-16(17)20(29-32)31-8-7-15(12-31)30(4)5/h9-11,15H,6-8,12H2,1-5H3,(H,25,26,33)/i4D3,5D3. The molecule has 0 aliphatic carbocycles. The lowest BCUT2D eigenvalue weighted by atomic mass is 10.2. The molecule has 4 rings (SSSR count). The third-order valence-corrected chi connectivity index (χ3v) is 5.42. The van der Waals surface area contributed by atoms with Gasteiger partial charge in [0.15, 0.2) is 11.6 Å². The van der Waals surface area contributed by atoms with Crippen LogP contribution < -0.4 is 10.2 Å². The maximum absolute atomic E-state index is 14.2. The van der Waals surface area contributed by atoms with Crippen LogP contribution in [0.2, 0.25) is 0 Å². The Labute approximate surface area is 199 Å². The Bertz CT molecular complexity index is 1370. The van der Waals surface area contributed by atoms with Crippen LogP contribution in [0.15, 0.2) is 18.3 Å². The molecule has 0 spiro atoms. The Hall–Kier alpha value is -3.21. The molecule has 0 radical (unpaired) electrons. The van der Waals surface area contributed by atoms with Gasteiger partial charge in [0, 0.05) is 65.2 Å². The molecule has 1 fully saturated rings. The number of likely N-dealkylation sites (N-methyl/N-ethyl adjacent to an activating group) is 1. The van der Waals surface area contributed by atoms with Crippen molar-refractivity contribution in [2.75, 3.05) is 37.3 Å². The molecule has 1 N–H and O–H groups in total. The lowest BCUT2D eigenvalue weighted by Crippen LogP contribution is -2.31. The number of pyridine rings is 1. The number of carbonyl (C=O) groups excluding carboxylic acids is 1. The van der Waals surface area contributed by atoms with Crippen molar-refractivity contribution in [3.63, 3.8) is 0 Å². The summed E-state index contributed by atoms with van der Waals surface area (Å²) >= 11 is 0. The van der Waals surface area contributed by atoms with Crippen molar-refractivity contribution in [3.05, 3.63) is 29.8 Å². The Balaban J connectivity index is 1.84. The Morgan fingerprint density at radius 3 is 2.82 bits per heavy atom. The molecule has 0 bridgehead atoms. The molecule has 1 atom stereocenters. The van der Waals surface area contributed by atoms with Gasteiger partial charge in [-0.15, -0.1) is 5.10 Å². The van der Waals surface area contributed by atoms with E-state index in [9.17, 15) is 13.6 Å². The summed E-state index contributed by atoms with van der Waals surface area (Å²) in [6.07, 6.45) is 2.05. The lowest BCUT2D eigenvalue weighted by molar-refractivity contribution is -0.114. The minimum absolute atomic E-state index is 0.0403. The second-order valence-electron chi connectivity index (χ2n) is 8.04. The Morgan fingerprint density at radius 1 is 1.36 bits per heavy atom. The first kappa shape index (κ1) is 16.4. The van der Waals surface area contributed by atoms with E-state index in [0.717, 1.165) is 0 Å². The largest absolute Gasteiger partial charge is 0.353 e. The lowest BCUT2D eigenvalue weighted by Gasteiger charge is -2.20. The zero-order valence-electron chi connectivity index (χ0n) is 24.4. The summed E-state index contributed by atoms with van der Waals surface area (Å²) in [6.45, 7) is -1.59. The predicted molar refractivity (Wildman–Crippen MR) is 122 cm³/mol. The molecule has 1 saturated heterocycles. The second-order valence-corrected chi connectivity index (χ2v) is 8.04. The van der Waals surface area contributed by atoms with Crippen molar-refractivity contribution in [1.82, 2.24) is 29.6 Å². The Morgan fingerprint density at radius 2 is 2.15 bits per heavy atom. The summed E-state index contributed by atoms with van der Waals surface area (Å²) in [5.74, 6) is -3.75. The van der Waals surface area contributed by atoms with Gasteiger partial charge in [0.1, 0.15) is 5.82 Å². The van der Waals surface area contributed by atoms with E-state index in [4.69, 9.17) is 8.22 Å². The molecule has 1 unspecified atom stereocenters. The molecular formula is C22H28F2N8O. The van der Waals surface area contributed by atoms with E-state index in [2.05, 4.69) is 25.4 Å². The topological polar surface area (TPSA) is 92.1 Å². The average Bonchev–Trinajstić information content (AvgIpc) is 3.40. The van der Waals surface area contributed by atoms with Gasteiger partial charge in [0.25, 0.3) is 0 Å². The smallest absolute Gasteiger partial charge is 0.303 e. The van der Waals surface area contributed by atoms with Crippen LogP contribution in [0.5, 0.6) is 0 Å². The number of aryl methyl sites for hydroxylation is 1. The van der Waals surface area contributed by atoms with Gasteiger partial charge in [-0.05, 0) is 26.8 Å². The van der Waals surface area contributed by atoms with Gasteiger partial charge in [-0.25, -0.2) is 19.6 Å². The van der Waals surface area contributed by atoms with Crippen molar-refractivity contribution in [2.24, 2.45) is 0 Å². The zero-order valence-corrected chi connectivity index (χ0v) is 18.4. The minimum Gasteiger partial charge on any atom is -0.353 e. The highest BCUT2D eigenvalue weighted by molar-refractivity contribution is 5.95. The fourth-order valence-electron chi connectivity index (χ4n) is 3.77. The van der Waals surface area contributed by atoms with E-state index < -0.39 is 31.7 Å². The van der Waals surface area contributed by atoms with Gasteiger partial charge in [-0.1, -0.05) is 6.92 Å². The highest BCUT2D eigenvalue weighted by Crippen LogP contribution is 2.32. The number of alkyl halides is 2. The van der Waals surface area contributed by atoms with E-state index >= 15 is 0 Å². The SMILES string of the molecule is [2H]C([2H])([2H])N(C1CCN(c2nn(-c3cc(CC)nc(C(C)(F)F)n3)c3cc(NC(C)=O)ncc23)C1)C([2H])([2H])[2H]. The molecule has 1 amide bonds. The van der Waals surface area contributed by atoms with E-state index in [1.54, 1.807) is 11.8 Å². The van der Waals surface area contributed by atoms with Crippen molar-refractivity contribution in [1.29, 1.82) is 0 Å². The van der Waals surface area contributed by atoms with Gasteiger partial charge >= 0.3 is 5.92 Å². The van der Waals surface area contributed by atoms with Gasteiger partial charge < -0.3 is 15.1 Å². The number of halogens is 2. The quantitative estimate of drug-likeness (QED) is 0.600. The normalized spacial score (nSPS) is 20.2. The van der Waals surface area contributed by atoms with Gasteiger partial charge in [-0.3, -0.25) is 4.79 Å². The molecule has 0 saturated carbocycles. The first-order valence-electron chi connectivity index (χ1n) is 13.5. The molecule has 9 nitrogen and oxygen atoms in total. The third kappa shape index (κ3) is 4.63. The maximum Gasteiger partial charge on any atom is 0.303 e. The number of nitrogens with one attached hydrogen (secondary N) is 1. The molecule has 176 valence electrons. The fraction of sp³-hybridized carbons (Fsp3) is 0.500. The highest BCUT2D eigenvalue weighted by Gasteiger charge is 2.31. The molecule has 1 aliphatic rings. The van der Waals surface area contributed by atoms with E-state index in [1.165, 1.54) is 29.9 Å². The molecule has 3 aromatic heterocycles. The van der Waals surface area contributed by atoms with E-state index in [1.807, 2.05) is 0 Å². The van der Waals surface area contributed by atoms with E-state index in [-0.39, 0.29) is 37.1 Å². The molecule has 3 aromatic rings. The van der Waals surface area contributed by atoms with Crippen molar-refractivity contribution < 1.29 is 21.8 Å². The number of nitrogens with zero attached hydrogens (tertiary/aromatic N) is 7. The van der Waals surface area contributed by atoms with Gasteiger partial charge in [-0.2, -0.15) is 8.78 Å². The molecule has 1 aliphatic heterocycles. The van der Waals surface area contributed by atoms with Crippen LogP contribution in [0.25, 0.3) is 16.7 Å². The molecule has 33 heavy (non-hydrogen) atoms. The molecular weight excluding hydrogens is 430 g/mol.